The number of carbonyl (C=O) groups is 2. The SMILES string of the molecule is COCCCN(CC(=O)N1CCc2sccc2[C@@H]1COc1cccc(OC)c1)C(=O)C1CCCC1. The second-order valence-electron chi connectivity index (χ2n) is 9.23. The number of carbonyl (C=O) groups excluding carboxylic acids is 2. The van der Waals surface area contributed by atoms with Crippen LogP contribution in [0.5, 0.6) is 11.5 Å². The second-order valence-corrected chi connectivity index (χ2v) is 10.2. The molecule has 4 rings (SSSR count). The molecule has 1 saturated carbocycles. The summed E-state index contributed by atoms with van der Waals surface area (Å²) in [6.07, 6.45) is 5.58. The minimum Gasteiger partial charge on any atom is -0.497 e. The van der Waals surface area contributed by atoms with Crippen molar-refractivity contribution in [2.24, 2.45) is 5.92 Å². The number of benzene rings is 1. The van der Waals surface area contributed by atoms with Gasteiger partial charge in [0.2, 0.25) is 11.8 Å². The summed E-state index contributed by atoms with van der Waals surface area (Å²) in [5.74, 6) is 1.57. The third-order valence-corrected chi connectivity index (χ3v) is 7.98. The Balaban J connectivity index is 1.48. The van der Waals surface area contributed by atoms with Gasteiger partial charge in [0.15, 0.2) is 0 Å². The van der Waals surface area contributed by atoms with Crippen LogP contribution in [0.15, 0.2) is 35.7 Å². The van der Waals surface area contributed by atoms with Crippen molar-refractivity contribution >= 4 is 23.2 Å². The summed E-state index contributed by atoms with van der Waals surface area (Å²) in [6, 6.07) is 9.41. The molecule has 35 heavy (non-hydrogen) atoms. The standard InChI is InChI=1S/C27H36N2O5S/c1-32-15-6-13-28(27(31)20-7-3-4-8-20)18-26(30)29-14-11-25-23(12-16-35-25)24(29)19-34-22-10-5-9-21(17-22)33-2/h5,9-10,12,16-17,20,24H,3-4,6-8,11,13-15,18-19H2,1-2H3/t24-/m0/s1. The van der Waals surface area contributed by atoms with Gasteiger partial charge in [-0.2, -0.15) is 0 Å². The highest BCUT2D eigenvalue weighted by Crippen LogP contribution is 2.34. The van der Waals surface area contributed by atoms with E-state index < -0.39 is 0 Å². The predicted molar refractivity (Wildman–Crippen MR) is 136 cm³/mol. The van der Waals surface area contributed by atoms with E-state index in [1.807, 2.05) is 29.2 Å². The zero-order valence-electron chi connectivity index (χ0n) is 20.7. The molecule has 8 heteroatoms. The van der Waals surface area contributed by atoms with Gasteiger partial charge in [-0.05, 0) is 54.8 Å². The maximum atomic E-state index is 13.6. The zero-order chi connectivity index (χ0) is 24.6. The van der Waals surface area contributed by atoms with Crippen LogP contribution < -0.4 is 9.47 Å². The first-order valence-electron chi connectivity index (χ1n) is 12.5. The van der Waals surface area contributed by atoms with E-state index in [-0.39, 0.29) is 30.3 Å². The van der Waals surface area contributed by atoms with E-state index in [4.69, 9.17) is 14.2 Å². The van der Waals surface area contributed by atoms with Gasteiger partial charge in [0.25, 0.3) is 0 Å². The number of rotatable bonds is 11. The van der Waals surface area contributed by atoms with E-state index in [9.17, 15) is 9.59 Å². The lowest BCUT2D eigenvalue weighted by atomic mass is 10.00. The Labute approximate surface area is 212 Å². The van der Waals surface area contributed by atoms with Crippen LogP contribution in [0.4, 0.5) is 0 Å². The van der Waals surface area contributed by atoms with E-state index in [0.29, 0.717) is 32.1 Å². The fraction of sp³-hybridized carbons (Fsp3) is 0.556. The van der Waals surface area contributed by atoms with Crippen molar-refractivity contribution in [2.75, 3.05) is 47.1 Å². The fourth-order valence-corrected chi connectivity index (χ4v) is 6.02. The van der Waals surface area contributed by atoms with E-state index in [1.165, 1.54) is 4.88 Å². The molecule has 2 aromatic rings. The molecule has 0 radical (unpaired) electrons. The van der Waals surface area contributed by atoms with Gasteiger partial charge in [0.05, 0.1) is 19.7 Å². The Morgan fingerprint density at radius 1 is 1.14 bits per heavy atom. The van der Waals surface area contributed by atoms with Crippen molar-refractivity contribution in [3.05, 3.63) is 46.2 Å². The molecule has 1 aromatic carbocycles. The molecule has 7 nitrogen and oxygen atoms in total. The minimum atomic E-state index is -0.189. The second kappa shape index (κ2) is 12.4. The lowest BCUT2D eigenvalue weighted by Gasteiger charge is -2.37. The van der Waals surface area contributed by atoms with Crippen LogP contribution in [0.2, 0.25) is 0 Å². The Bertz CT molecular complexity index is 987. The third kappa shape index (κ3) is 6.35. The summed E-state index contributed by atoms with van der Waals surface area (Å²) in [7, 11) is 3.29. The number of nitrogens with zero attached hydrogens (tertiary/aromatic N) is 2. The van der Waals surface area contributed by atoms with Crippen molar-refractivity contribution < 1.29 is 23.8 Å². The molecular formula is C27H36N2O5S. The molecule has 0 spiro atoms. The van der Waals surface area contributed by atoms with Crippen LogP contribution >= 0.6 is 11.3 Å². The molecule has 1 aromatic heterocycles. The average molecular weight is 501 g/mol. The van der Waals surface area contributed by atoms with Crippen molar-refractivity contribution in [3.63, 3.8) is 0 Å². The minimum absolute atomic E-state index is 0.0233. The lowest BCUT2D eigenvalue weighted by molar-refractivity contribution is -0.144. The Morgan fingerprint density at radius 3 is 2.71 bits per heavy atom. The molecule has 190 valence electrons. The number of hydrogen-bond acceptors (Lipinski definition) is 6. The van der Waals surface area contributed by atoms with Gasteiger partial charge in [0, 0.05) is 43.7 Å². The normalized spacial score (nSPS) is 17.8. The number of ether oxygens (including phenoxy) is 3. The van der Waals surface area contributed by atoms with E-state index in [2.05, 4.69) is 11.4 Å². The van der Waals surface area contributed by atoms with Crippen LogP contribution in [-0.2, 0) is 20.7 Å². The molecule has 1 fully saturated rings. The van der Waals surface area contributed by atoms with Crippen molar-refractivity contribution in [1.82, 2.24) is 9.80 Å². The first kappa shape index (κ1) is 25.5. The fourth-order valence-electron chi connectivity index (χ4n) is 5.09. The molecule has 1 aliphatic carbocycles. The molecular weight excluding hydrogens is 464 g/mol. The summed E-state index contributed by atoms with van der Waals surface area (Å²) in [5, 5.41) is 2.08. The number of thiophene rings is 1. The molecule has 1 atom stereocenters. The zero-order valence-corrected chi connectivity index (χ0v) is 21.6. The Kier molecular flexibility index (Phi) is 9.04. The summed E-state index contributed by atoms with van der Waals surface area (Å²) in [5.41, 5.74) is 1.14. The highest BCUT2D eigenvalue weighted by Gasteiger charge is 2.35. The first-order chi connectivity index (χ1) is 17.1. The van der Waals surface area contributed by atoms with Crippen LogP contribution in [0, 0.1) is 5.92 Å². The van der Waals surface area contributed by atoms with Crippen LogP contribution in [0.3, 0.4) is 0 Å². The molecule has 1 aliphatic heterocycles. The molecule has 2 amide bonds. The highest BCUT2D eigenvalue weighted by atomic mass is 32.1. The van der Waals surface area contributed by atoms with Crippen molar-refractivity contribution in [1.29, 1.82) is 0 Å². The van der Waals surface area contributed by atoms with Gasteiger partial charge in [-0.25, -0.2) is 0 Å². The lowest BCUT2D eigenvalue weighted by Crippen LogP contribution is -2.49. The van der Waals surface area contributed by atoms with Crippen molar-refractivity contribution in [3.8, 4) is 11.5 Å². The predicted octanol–water partition coefficient (Wildman–Crippen LogP) is 4.32. The Hall–Kier alpha value is -2.58. The first-order valence-corrected chi connectivity index (χ1v) is 13.4. The smallest absolute Gasteiger partial charge is 0.242 e. The molecule has 0 saturated heterocycles. The molecule has 2 heterocycles. The molecule has 2 aliphatic rings. The van der Waals surface area contributed by atoms with E-state index >= 15 is 0 Å². The van der Waals surface area contributed by atoms with Crippen molar-refractivity contribution in [2.45, 2.75) is 44.6 Å². The van der Waals surface area contributed by atoms with Crippen LogP contribution in [0.25, 0.3) is 0 Å². The Morgan fingerprint density at radius 2 is 1.94 bits per heavy atom. The summed E-state index contributed by atoms with van der Waals surface area (Å²) >= 11 is 1.73. The maximum absolute atomic E-state index is 13.6. The van der Waals surface area contributed by atoms with Gasteiger partial charge < -0.3 is 24.0 Å². The van der Waals surface area contributed by atoms with Gasteiger partial charge in [-0.15, -0.1) is 11.3 Å². The number of methoxy groups -OCH3 is 2. The number of hydrogen-bond donors (Lipinski definition) is 0. The molecule has 0 bridgehead atoms. The molecule has 0 unspecified atom stereocenters. The van der Waals surface area contributed by atoms with Gasteiger partial charge in [-0.3, -0.25) is 9.59 Å². The number of fused-ring (bicyclic) bond motifs is 1. The number of amides is 2. The third-order valence-electron chi connectivity index (χ3n) is 6.98. The van der Waals surface area contributed by atoms with E-state index in [0.717, 1.165) is 49.8 Å². The summed E-state index contributed by atoms with van der Waals surface area (Å²) in [4.78, 5) is 31.9. The topological polar surface area (TPSA) is 68.3 Å². The largest absolute Gasteiger partial charge is 0.497 e. The quantitative estimate of drug-likeness (QED) is 0.430. The van der Waals surface area contributed by atoms with Crippen LogP contribution in [-0.4, -0.2) is 68.7 Å². The maximum Gasteiger partial charge on any atom is 0.242 e. The van der Waals surface area contributed by atoms with E-state index in [1.54, 1.807) is 30.5 Å². The monoisotopic (exact) mass is 500 g/mol. The van der Waals surface area contributed by atoms with Crippen LogP contribution in [0.1, 0.15) is 48.6 Å². The van der Waals surface area contributed by atoms with Gasteiger partial charge in [-0.1, -0.05) is 18.9 Å². The van der Waals surface area contributed by atoms with Gasteiger partial charge in [0.1, 0.15) is 18.1 Å². The summed E-state index contributed by atoms with van der Waals surface area (Å²) in [6.45, 7) is 2.19. The van der Waals surface area contributed by atoms with Gasteiger partial charge >= 0.3 is 0 Å². The molecule has 0 N–H and O–H groups in total. The highest BCUT2D eigenvalue weighted by molar-refractivity contribution is 7.10. The summed E-state index contributed by atoms with van der Waals surface area (Å²) < 4.78 is 16.6. The average Bonchev–Trinajstić information content (AvgIpc) is 3.59.